The predicted octanol–water partition coefficient (Wildman–Crippen LogP) is 7.04. The minimum atomic E-state index is -0.381. The topological polar surface area (TPSA) is 23.8 Å². The summed E-state index contributed by atoms with van der Waals surface area (Å²) in [4.78, 5) is 0. The van der Waals surface area contributed by atoms with Gasteiger partial charge < -0.3 is 0 Å². The molecular formula is C23H29F2N. The van der Waals surface area contributed by atoms with Crippen LogP contribution < -0.4 is 0 Å². The van der Waals surface area contributed by atoms with Crippen LogP contribution in [0.1, 0.15) is 81.3 Å². The predicted molar refractivity (Wildman–Crippen MR) is 101 cm³/mol. The van der Waals surface area contributed by atoms with Crippen LogP contribution >= 0.6 is 0 Å². The summed E-state index contributed by atoms with van der Waals surface area (Å²) in [6, 6.07) is 7.02. The summed E-state index contributed by atoms with van der Waals surface area (Å²) in [6.07, 6.45) is 14.3. The van der Waals surface area contributed by atoms with Crippen molar-refractivity contribution in [2.75, 3.05) is 0 Å². The fourth-order valence-corrected chi connectivity index (χ4v) is 5.14. The minimum Gasteiger partial charge on any atom is -0.216 e. The molecule has 0 radical (unpaired) electrons. The number of nitrogens with zero attached hydrogens (tertiary/aromatic N) is 1. The average Bonchev–Trinajstić information content (AvgIpc) is 2.69. The molecule has 2 saturated carbocycles. The van der Waals surface area contributed by atoms with E-state index in [0.29, 0.717) is 12.2 Å². The molecule has 0 N–H and O–H groups in total. The van der Waals surface area contributed by atoms with Gasteiger partial charge in [0, 0.05) is 0 Å². The Labute approximate surface area is 156 Å². The zero-order valence-electron chi connectivity index (χ0n) is 15.5. The van der Waals surface area contributed by atoms with E-state index in [1.807, 2.05) is 12.1 Å². The lowest BCUT2D eigenvalue weighted by atomic mass is 9.68. The molecule has 0 spiro atoms. The van der Waals surface area contributed by atoms with Gasteiger partial charge in [0.1, 0.15) is 11.9 Å². The second-order valence-corrected chi connectivity index (χ2v) is 8.18. The molecule has 1 aromatic carbocycles. The highest BCUT2D eigenvalue weighted by molar-refractivity contribution is 5.34. The molecule has 3 heteroatoms. The molecule has 0 atom stereocenters. The van der Waals surface area contributed by atoms with Crippen molar-refractivity contribution in [2.45, 2.75) is 70.1 Å². The van der Waals surface area contributed by atoms with E-state index in [9.17, 15) is 8.78 Å². The van der Waals surface area contributed by atoms with Gasteiger partial charge >= 0.3 is 0 Å². The third-order valence-corrected chi connectivity index (χ3v) is 6.75. The third-order valence-electron chi connectivity index (χ3n) is 6.75. The number of nitriles is 1. The van der Waals surface area contributed by atoms with Gasteiger partial charge in [-0.05, 0) is 92.7 Å². The molecule has 1 aromatic rings. The quantitative estimate of drug-likeness (QED) is 0.554. The lowest BCUT2D eigenvalue weighted by Crippen LogP contribution is -2.25. The van der Waals surface area contributed by atoms with Crippen LogP contribution in [0, 0.1) is 34.9 Å². The van der Waals surface area contributed by atoms with Crippen LogP contribution in [0.4, 0.5) is 8.78 Å². The molecule has 2 aliphatic carbocycles. The lowest BCUT2D eigenvalue weighted by molar-refractivity contribution is 0.157. The summed E-state index contributed by atoms with van der Waals surface area (Å²) in [7, 11) is 0. The Hall–Kier alpha value is -1.69. The number of allylic oxidation sites excluding steroid dienone is 1. The van der Waals surface area contributed by atoms with Crippen LogP contribution in [-0.4, -0.2) is 0 Å². The molecule has 0 bridgehead atoms. The standard InChI is InChI=1S/C23H29F2N/c24-14-2-1-3-17-4-6-18(7-5-17)19-8-10-20(11-9-19)21-12-13-22(16-26)23(25)15-21/h2,12-15,17-20H,1,3-11H2. The highest BCUT2D eigenvalue weighted by Crippen LogP contribution is 2.44. The fourth-order valence-electron chi connectivity index (χ4n) is 5.14. The van der Waals surface area contributed by atoms with Crippen LogP contribution in [0.25, 0.3) is 0 Å². The van der Waals surface area contributed by atoms with Gasteiger partial charge in [-0.15, -0.1) is 0 Å². The molecule has 1 nitrogen and oxygen atoms in total. The molecule has 0 unspecified atom stereocenters. The Bertz CT molecular complexity index is 645. The second-order valence-electron chi connectivity index (χ2n) is 8.18. The first-order valence-corrected chi connectivity index (χ1v) is 10.2. The first-order valence-electron chi connectivity index (χ1n) is 10.2. The molecule has 0 amide bonds. The summed E-state index contributed by atoms with van der Waals surface area (Å²) in [5, 5.41) is 8.87. The highest BCUT2D eigenvalue weighted by Gasteiger charge is 2.31. The summed E-state index contributed by atoms with van der Waals surface area (Å²) >= 11 is 0. The molecule has 26 heavy (non-hydrogen) atoms. The van der Waals surface area contributed by atoms with Crippen molar-refractivity contribution in [3.8, 4) is 6.07 Å². The number of hydrogen-bond donors (Lipinski definition) is 0. The molecule has 0 saturated heterocycles. The third kappa shape index (κ3) is 4.72. The van der Waals surface area contributed by atoms with Gasteiger partial charge in [-0.1, -0.05) is 25.0 Å². The Morgan fingerprint density at radius 3 is 2.23 bits per heavy atom. The minimum absolute atomic E-state index is 0.140. The molecule has 0 aromatic heterocycles. The first-order chi connectivity index (χ1) is 12.7. The Balaban J connectivity index is 1.46. The van der Waals surface area contributed by atoms with Crippen LogP contribution in [0.15, 0.2) is 30.6 Å². The smallest absolute Gasteiger partial charge is 0.141 e. The molecule has 0 heterocycles. The summed E-state index contributed by atoms with van der Waals surface area (Å²) in [5.74, 6) is 2.51. The van der Waals surface area contributed by atoms with E-state index in [0.717, 1.165) is 49.0 Å². The van der Waals surface area contributed by atoms with Gasteiger partial charge in [0.05, 0.1) is 11.9 Å². The molecule has 0 aliphatic heterocycles. The monoisotopic (exact) mass is 357 g/mol. The van der Waals surface area contributed by atoms with Gasteiger partial charge in [-0.3, -0.25) is 0 Å². The average molecular weight is 357 g/mol. The number of hydrogen-bond acceptors (Lipinski definition) is 1. The number of rotatable bonds is 5. The van der Waals surface area contributed by atoms with Crippen molar-refractivity contribution in [2.24, 2.45) is 17.8 Å². The van der Waals surface area contributed by atoms with Gasteiger partial charge in [0.2, 0.25) is 0 Å². The summed E-state index contributed by atoms with van der Waals surface area (Å²) in [6.45, 7) is 0. The maximum absolute atomic E-state index is 13.9. The summed E-state index contributed by atoms with van der Waals surface area (Å²) < 4.78 is 25.9. The van der Waals surface area contributed by atoms with Crippen molar-refractivity contribution in [3.63, 3.8) is 0 Å². The van der Waals surface area contributed by atoms with Crippen molar-refractivity contribution in [1.29, 1.82) is 5.26 Å². The second kappa shape index (κ2) is 9.31. The number of halogens is 2. The molecule has 2 fully saturated rings. The Kier molecular flexibility index (Phi) is 6.83. The van der Waals surface area contributed by atoms with E-state index in [4.69, 9.17) is 5.26 Å². The van der Waals surface area contributed by atoms with Crippen LogP contribution in [0.3, 0.4) is 0 Å². The van der Waals surface area contributed by atoms with Crippen LogP contribution in [0.5, 0.6) is 0 Å². The van der Waals surface area contributed by atoms with E-state index in [1.165, 1.54) is 38.5 Å². The highest BCUT2D eigenvalue weighted by atomic mass is 19.1. The SMILES string of the molecule is N#Cc1ccc(C2CCC(C3CCC(CCC=CF)CC3)CC2)cc1F. The zero-order chi connectivity index (χ0) is 18.4. The van der Waals surface area contributed by atoms with Crippen LogP contribution in [0.2, 0.25) is 0 Å². The normalized spacial score (nSPS) is 29.6. The van der Waals surface area contributed by atoms with Gasteiger partial charge in [0.15, 0.2) is 0 Å². The zero-order valence-corrected chi connectivity index (χ0v) is 15.5. The van der Waals surface area contributed by atoms with Crippen molar-refractivity contribution in [3.05, 3.63) is 47.5 Å². The Morgan fingerprint density at radius 1 is 1.00 bits per heavy atom. The number of benzene rings is 1. The molecular weight excluding hydrogens is 328 g/mol. The van der Waals surface area contributed by atoms with E-state index in [2.05, 4.69) is 0 Å². The fraction of sp³-hybridized carbons (Fsp3) is 0.609. The van der Waals surface area contributed by atoms with Gasteiger partial charge in [0.25, 0.3) is 0 Å². The largest absolute Gasteiger partial charge is 0.216 e. The van der Waals surface area contributed by atoms with Crippen LogP contribution in [-0.2, 0) is 0 Å². The van der Waals surface area contributed by atoms with Crippen molar-refractivity contribution >= 4 is 0 Å². The van der Waals surface area contributed by atoms with E-state index >= 15 is 0 Å². The first kappa shape index (κ1) is 19.1. The summed E-state index contributed by atoms with van der Waals surface area (Å²) in [5.41, 5.74) is 1.20. The van der Waals surface area contributed by atoms with E-state index in [1.54, 1.807) is 18.2 Å². The molecule has 140 valence electrons. The van der Waals surface area contributed by atoms with E-state index in [-0.39, 0.29) is 11.4 Å². The molecule has 2 aliphatic rings. The molecule has 3 rings (SSSR count). The van der Waals surface area contributed by atoms with Gasteiger partial charge in [-0.2, -0.15) is 5.26 Å². The van der Waals surface area contributed by atoms with E-state index < -0.39 is 0 Å². The maximum Gasteiger partial charge on any atom is 0.141 e. The Morgan fingerprint density at radius 2 is 1.65 bits per heavy atom. The van der Waals surface area contributed by atoms with Gasteiger partial charge in [-0.25, -0.2) is 8.78 Å². The van der Waals surface area contributed by atoms with Crippen molar-refractivity contribution in [1.82, 2.24) is 0 Å². The maximum atomic E-state index is 13.9. The van der Waals surface area contributed by atoms with Crippen molar-refractivity contribution < 1.29 is 8.78 Å². The lowest BCUT2D eigenvalue weighted by Gasteiger charge is -2.38.